The summed E-state index contributed by atoms with van der Waals surface area (Å²) in [6.07, 6.45) is 4.77. The quantitative estimate of drug-likeness (QED) is 0.345. The third-order valence-electron chi connectivity index (χ3n) is 9.53. The van der Waals surface area contributed by atoms with Gasteiger partial charge in [0.25, 0.3) is 5.91 Å². The van der Waals surface area contributed by atoms with Crippen LogP contribution < -0.4 is 9.80 Å². The molecule has 0 unspecified atom stereocenters. The number of aryl methyl sites for hydroxylation is 1. The number of amides is 1. The Hall–Kier alpha value is -4.05. The van der Waals surface area contributed by atoms with Crippen LogP contribution in [0.1, 0.15) is 42.2 Å². The van der Waals surface area contributed by atoms with E-state index in [1.807, 2.05) is 49.3 Å². The molecule has 8 rings (SSSR count). The van der Waals surface area contributed by atoms with Crippen LogP contribution in [0.3, 0.4) is 0 Å². The predicted octanol–water partition coefficient (Wildman–Crippen LogP) is 4.03. The van der Waals surface area contributed by atoms with Crippen LogP contribution in [0.15, 0.2) is 36.5 Å². The number of benzene rings is 1. The van der Waals surface area contributed by atoms with E-state index in [4.69, 9.17) is 19.8 Å². The number of hydrogen-bond donors (Lipinski definition) is 1. The zero-order valence-corrected chi connectivity index (χ0v) is 25.7. The predicted molar refractivity (Wildman–Crippen MR) is 167 cm³/mol. The number of hydrogen-bond acceptors (Lipinski definition) is 10. The number of aliphatic hydroxyl groups is 1. The lowest BCUT2D eigenvalue weighted by Gasteiger charge is -2.61. The Balaban J connectivity index is 1.04. The minimum atomic E-state index is -1.28. The molecule has 1 N–H and O–H groups in total. The number of fused-ring (bicyclic) bond motifs is 1. The number of anilines is 3. The highest BCUT2D eigenvalue weighted by Crippen LogP contribution is 2.46. The van der Waals surface area contributed by atoms with Gasteiger partial charge in [0.2, 0.25) is 0 Å². The molecule has 226 valence electrons. The standard InChI is InChI=1S/C32H34N8O3S/c1-20-3-5-21(6-4-20)26-25(14-33)44-30(35-26)37(2)28-24-13-23(15-34-27(24)36-40(28)22-7-8-22)38-16-31(17-38)18-39(19-31)29(41)32(42)9-11-43-12-10-32/h3-6,13,15,22,42H,7-12,16-19H2,1-2H3. The first-order valence-corrected chi connectivity index (χ1v) is 16.0. The van der Waals surface area contributed by atoms with Gasteiger partial charge in [0, 0.05) is 70.3 Å². The fraction of sp³-hybridized carbons (Fsp3) is 0.469. The zero-order chi connectivity index (χ0) is 30.2. The van der Waals surface area contributed by atoms with Gasteiger partial charge in [-0.25, -0.2) is 14.6 Å². The van der Waals surface area contributed by atoms with Crippen LogP contribution in [0.4, 0.5) is 16.6 Å². The number of nitrogens with zero attached hydrogens (tertiary/aromatic N) is 8. The van der Waals surface area contributed by atoms with Crippen LogP contribution in [0.2, 0.25) is 0 Å². The zero-order valence-electron chi connectivity index (χ0n) is 24.9. The Morgan fingerprint density at radius 1 is 1.16 bits per heavy atom. The van der Waals surface area contributed by atoms with E-state index < -0.39 is 5.60 Å². The molecule has 0 radical (unpaired) electrons. The lowest BCUT2D eigenvalue weighted by molar-refractivity contribution is -0.174. The lowest BCUT2D eigenvalue weighted by Crippen LogP contribution is -2.75. The number of aromatic nitrogens is 4. The van der Waals surface area contributed by atoms with Crippen LogP contribution in [0.5, 0.6) is 0 Å². The van der Waals surface area contributed by atoms with E-state index in [1.54, 1.807) is 0 Å². The summed E-state index contributed by atoms with van der Waals surface area (Å²) in [4.78, 5) is 29.5. The largest absolute Gasteiger partial charge is 0.381 e. The van der Waals surface area contributed by atoms with E-state index in [0.717, 1.165) is 59.1 Å². The van der Waals surface area contributed by atoms with Crippen LogP contribution >= 0.6 is 11.3 Å². The van der Waals surface area contributed by atoms with E-state index >= 15 is 0 Å². The normalized spacial score (nSPS) is 20.3. The highest BCUT2D eigenvalue weighted by Gasteiger charge is 2.56. The van der Waals surface area contributed by atoms with Crippen molar-refractivity contribution < 1.29 is 14.6 Å². The molecular weight excluding hydrogens is 576 g/mol. The van der Waals surface area contributed by atoms with Crippen molar-refractivity contribution in [3.63, 3.8) is 0 Å². The van der Waals surface area contributed by atoms with E-state index in [2.05, 4.69) is 26.6 Å². The number of pyridine rings is 1. The summed E-state index contributed by atoms with van der Waals surface area (Å²) in [6, 6.07) is 12.9. The SMILES string of the molecule is Cc1ccc(-c2nc(N(C)c3c4cc(N5CC6(CN(C(=O)C7(O)CCOCC7)C6)C5)cnc4nn3C3CC3)sc2C#N)cc1. The van der Waals surface area contributed by atoms with E-state index in [0.29, 0.717) is 61.4 Å². The number of thiazole rings is 1. The van der Waals surface area contributed by atoms with E-state index in [-0.39, 0.29) is 11.3 Å². The molecule has 0 bridgehead atoms. The van der Waals surface area contributed by atoms with Crippen molar-refractivity contribution in [2.75, 3.05) is 56.2 Å². The second-order valence-electron chi connectivity index (χ2n) is 12.9. The summed E-state index contributed by atoms with van der Waals surface area (Å²) < 4.78 is 7.42. The minimum absolute atomic E-state index is 0.0604. The molecule has 11 nitrogen and oxygen atoms in total. The number of carbonyl (C=O) groups is 1. The number of ether oxygens (including phenoxy) is 1. The van der Waals surface area contributed by atoms with Gasteiger partial charge in [-0.05, 0) is 25.8 Å². The average molecular weight is 611 g/mol. The first-order valence-electron chi connectivity index (χ1n) is 15.2. The van der Waals surface area contributed by atoms with Gasteiger partial charge >= 0.3 is 0 Å². The van der Waals surface area contributed by atoms with Crippen molar-refractivity contribution in [1.29, 1.82) is 5.26 Å². The minimum Gasteiger partial charge on any atom is -0.381 e. The molecule has 4 aromatic rings. The van der Waals surface area contributed by atoms with E-state index in [9.17, 15) is 15.2 Å². The molecular formula is C32H34N8O3S. The maximum atomic E-state index is 13.0. The molecule has 3 aromatic heterocycles. The van der Waals surface area contributed by atoms with Gasteiger partial charge in [-0.15, -0.1) is 0 Å². The molecule has 1 aliphatic carbocycles. The van der Waals surface area contributed by atoms with Crippen molar-refractivity contribution in [3.05, 3.63) is 47.0 Å². The number of likely N-dealkylation sites (tertiary alicyclic amines) is 1. The number of nitriles is 1. The molecule has 1 aromatic carbocycles. The highest BCUT2D eigenvalue weighted by molar-refractivity contribution is 7.16. The molecule has 44 heavy (non-hydrogen) atoms. The Labute approximate surface area is 259 Å². The van der Waals surface area contributed by atoms with Crippen LogP contribution in [0, 0.1) is 23.7 Å². The fourth-order valence-corrected chi connectivity index (χ4v) is 7.69. The van der Waals surface area contributed by atoms with Crippen molar-refractivity contribution in [1.82, 2.24) is 24.6 Å². The number of carbonyl (C=O) groups excluding carboxylic acids is 1. The third-order valence-corrected chi connectivity index (χ3v) is 10.6. The van der Waals surface area contributed by atoms with Crippen molar-refractivity contribution in [3.8, 4) is 17.3 Å². The Kier molecular flexibility index (Phi) is 6.24. The Bertz CT molecular complexity index is 1800. The summed E-state index contributed by atoms with van der Waals surface area (Å²) in [5, 5.41) is 27.4. The first kappa shape index (κ1) is 27.5. The van der Waals surface area contributed by atoms with Crippen LogP contribution in [-0.4, -0.2) is 87.7 Å². The van der Waals surface area contributed by atoms with Gasteiger partial charge in [-0.3, -0.25) is 4.79 Å². The second kappa shape index (κ2) is 9.99. The maximum Gasteiger partial charge on any atom is 0.254 e. The monoisotopic (exact) mass is 610 g/mol. The molecule has 0 atom stereocenters. The summed E-state index contributed by atoms with van der Waals surface area (Å²) in [6.45, 7) is 5.91. The Morgan fingerprint density at radius 2 is 1.89 bits per heavy atom. The van der Waals surface area contributed by atoms with Gasteiger partial charge in [0.1, 0.15) is 28.1 Å². The van der Waals surface area contributed by atoms with Gasteiger partial charge in [-0.1, -0.05) is 41.2 Å². The van der Waals surface area contributed by atoms with Crippen molar-refractivity contribution in [2.45, 2.75) is 44.2 Å². The molecule has 12 heteroatoms. The summed E-state index contributed by atoms with van der Waals surface area (Å²) in [5.41, 5.74) is 3.28. The van der Waals surface area contributed by atoms with Gasteiger partial charge in [-0.2, -0.15) is 10.4 Å². The molecule has 1 spiro atoms. The molecule has 3 aliphatic heterocycles. The topological polar surface area (TPSA) is 124 Å². The van der Waals surface area contributed by atoms with Gasteiger partial charge < -0.3 is 24.5 Å². The smallest absolute Gasteiger partial charge is 0.254 e. The van der Waals surface area contributed by atoms with Crippen LogP contribution in [0.25, 0.3) is 22.3 Å². The van der Waals surface area contributed by atoms with Crippen LogP contribution in [-0.2, 0) is 9.53 Å². The second-order valence-corrected chi connectivity index (χ2v) is 13.9. The number of rotatable bonds is 6. The molecule has 4 aliphatic rings. The summed E-state index contributed by atoms with van der Waals surface area (Å²) in [7, 11) is 1.99. The average Bonchev–Trinajstić information content (AvgIpc) is 3.63. The highest BCUT2D eigenvalue weighted by atomic mass is 32.1. The molecule has 1 saturated carbocycles. The fourth-order valence-electron chi connectivity index (χ4n) is 6.84. The summed E-state index contributed by atoms with van der Waals surface area (Å²) >= 11 is 1.39. The van der Waals surface area contributed by atoms with Crippen molar-refractivity contribution >= 4 is 44.9 Å². The Morgan fingerprint density at radius 3 is 2.57 bits per heavy atom. The van der Waals surface area contributed by atoms with Gasteiger partial charge in [0.15, 0.2) is 10.8 Å². The molecule has 6 heterocycles. The molecule has 4 fully saturated rings. The summed E-state index contributed by atoms with van der Waals surface area (Å²) in [5.74, 6) is 0.784. The van der Waals surface area contributed by atoms with E-state index in [1.165, 1.54) is 11.3 Å². The lowest BCUT2D eigenvalue weighted by atomic mass is 9.71. The molecule has 1 amide bonds. The van der Waals surface area contributed by atoms with Crippen molar-refractivity contribution in [2.24, 2.45) is 5.41 Å². The molecule has 3 saturated heterocycles. The van der Waals surface area contributed by atoms with Gasteiger partial charge in [0.05, 0.1) is 23.3 Å². The first-order chi connectivity index (χ1) is 21.3. The third kappa shape index (κ3) is 4.45. The maximum absolute atomic E-state index is 13.0.